The van der Waals surface area contributed by atoms with Crippen LogP contribution in [0.5, 0.6) is 0 Å². The van der Waals surface area contributed by atoms with Crippen molar-refractivity contribution >= 4 is 11.3 Å². The molecule has 1 saturated heterocycles. The first-order chi connectivity index (χ1) is 9.56. The molecule has 114 valence electrons. The van der Waals surface area contributed by atoms with Crippen molar-refractivity contribution in [1.29, 1.82) is 0 Å². The predicted molar refractivity (Wildman–Crippen MR) is 89.1 cm³/mol. The molecule has 1 aromatic rings. The second kappa shape index (κ2) is 7.58. The largest absolute Gasteiger partial charge is 0.312 e. The Balaban J connectivity index is 1.83. The molecule has 0 radical (unpaired) electrons. The van der Waals surface area contributed by atoms with Crippen LogP contribution in [0.25, 0.3) is 0 Å². The highest BCUT2D eigenvalue weighted by Gasteiger charge is 2.24. The van der Waals surface area contributed by atoms with Crippen LogP contribution in [0.3, 0.4) is 0 Å². The molecule has 20 heavy (non-hydrogen) atoms. The fraction of sp³-hybridized carbons (Fsp3) is 0.765. The first-order valence-electron chi connectivity index (χ1n) is 8.08. The quantitative estimate of drug-likeness (QED) is 0.849. The minimum atomic E-state index is 0.727. The lowest BCUT2D eigenvalue weighted by molar-refractivity contribution is 0.107. The van der Waals surface area contributed by atoms with Gasteiger partial charge < -0.3 is 5.32 Å². The number of hydrogen-bond acceptors (Lipinski definition) is 3. The maximum Gasteiger partial charge on any atom is 0.0330 e. The van der Waals surface area contributed by atoms with E-state index in [-0.39, 0.29) is 0 Å². The predicted octanol–water partition coefficient (Wildman–Crippen LogP) is 4.11. The topological polar surface area (TPSA) is 15.3 Å². The summed E-state index contributed by atoms with van der Waals surface area (Å²) in [6, 6.07) is 5.35. The van der Waals surface area contributed by atoms with Crippen molar-refractivity contribution in [3.8, 4) is 0 Å². The second-order valence-electron chi connectivity index (χ2n) is 6.72. The molecule has 2 rings (SSSR count). The maximum absolute atomic E-state index is 3.53. The Hall–Kier alpha value is -0.380. The summed E-state index contributed by atoms with van der Waals surface area (Å²) in [6.07, 6.45) is 2.76. The van der Waals surface area contributed by atoms with Gasteiger partial charge in [0.25, 0.3) is 0 Å². The third-order valence-electron chi connectivity index (χ3n) is 4.43. The van der Waals surface area contributed by atoms with Gasteiger partial charge in [0.15, 0.2) is 0 Å². The zero-order chi connectivity index (χ0) is 14.5. The lowest BCUT2D eigenvalue weighted by atomic mass is 9.92. The van der Waals surface area contributed by atoms with Gasteiger partial charge in [-0.15, -0.1) is 11.3 Å². The lowest BCUT2D eigenvalue weighted by Gasteiger charge is -2.37. The smallest absolute Gasteiger partial charge is 0.0330 e. The van der Waals surface area contributed by atoms with E-state index in [1.54, 1.807) is 0 Å². The average molecular weight is 295 g/mol. The summed E-state index contributed by atoms with van der Waals surface area (Å²) in [5, 5.41) is 3.53. The zero-order valence-corrected chi connectivity index (χ0v) is 14.3. The molecule has 1 aromatic heterocycles. The molecule has 0 bridgehead atoms. The van der Waals surface area contributed by atoms with Gasteiger partial charge >= 0.3 is 0 Å². The highest BCUT2D eigenvalue weighted by atomic mass is 32.1. The van der Waals surface area contributed by atoms with E-state index in [1.807, 2.05) is 11.3 Å². The monoisotopic (exact) mass is 294 g/mol. The van der Waals surface area contributed by atoms with E-state index in [0.29, 0.717) is 0 Å². The molecule has 0 aromatic carbocycles. The van der Waals surface area contributed by atoms with Gasteiger partial charge in [0.1, 0.15) is 0 Å². The van der Waals surface area contributed by atoms with Gasteiger partial charge in [-0.2, -0.15) is 0 Å². The molecule has 2 nitrogen and oxygen atoms in total. The highest BCUT2D eigenvalue weighted by Crippen LogP contribution is 2.26. The van der Waals surface area contributed by atoms with Crippen molar-refractivity contribution in [2.45, 2.75) is 59.7 Å². The molecule has 2 heterocycles. The summed E-state index contributed by atoms with van der Waals surface area (Å²) in [4.78, 5) is 5.65. The fourth-order valence-corrected chi connectivity index (χ4v) is 3.94. The number of hydrogen-bond donors (Lipinski definition) is 1. The minimum absolute atomic E-state index is 0.727. The number of piperidine rings is 1. The molecule has 3 heteroatoms. The van der Waals surface area contributed by atoms with Crippen molar-refractivity contribution in [3.05, 3.63) is 21.9 Å². The molecule has 0 aliphatic carbocycles. The SMILES string of the molecule is CC(C)CNCc1ccc(CN2CCCC(C)C2C)s1. The van der Waals surface area contributed by atoms with E-state index in [0.717, 1.165) is 37.5 Å². The molecule has 0 saturated carbocycles. The summed E-state index contributed by atoms with van der Waals surface area (Å²) < 4.78 is 0. The summed E-state index contributed by atoms with van der Waals surface area (Å²) in [5.74, 6) is 1.57. The summed E-state index contributed by atoms with van der Waals surface area (Å²) in [6.45, 7) is 13.8. The molecular weight excluding hydrogens is 264 g/mol. The van der Waals surface area contributed by atoms with Crippen LogP contribution < -0.4 is 5.32 Å². The third-order valence-corrected chi connectivity index (χ3v) is 5.50. The number of nitrogens with one attached hydrogen (secondary N) is 1. The Labute approximate surface area is 128 Å². The summed E-state index contributed by atoms with van der Waals surface area (Å²) in [7, 11) is 0. The normalized spacial score (nSPS) is 24.4. The van der Waals surface area contributed by atoms with Crippen LogP contribution >= 0.6 is 11.3 Å². The molecule has 1 fully saturated rings. The molecule has 2 unspecified atom stereocenters. The van der Waals surface area contributed by atoms with Crippen molar-refractivity contribution in [3.63, 3.8) is 0 Å². The van der Waals surface area contributed by atoms with Crippen molar-refractivity contribution in [2.24, 2.45) is 11.8 Å². The van der Waals surface area contributed by atoms with Gasteiger partial charge in [0.05, 0.1) is 0 Å². The highest BCUT2D eigenvalue weighted by molar-refractivity contribution is 7.11. The van der Waals surface area contributed by atoms with Gasteiger partial charge in [0, 0.05) is 28.9 Å². The third kappa shape index (κ3) is 4.57. The van der Waals surface area contributed by atoms with Crippen LogP contribution in [0.15, 0.2) is 12.1 Å². The van der Waals surface area contributed by atoms with E-state index in [9.17, 15) is 0 Å². The molecule has 2 atom stereocenters. The van der Waals surface area contributed by atoms with E-state index in [1.165, 1.54) is 29.1 Å². The van der Waals surface area contributed by atoms with E-state index >= 15 is 0 Å². The van der Waals surface area contributed by atoms with Crippen LogP contribution in [0.4, 0.5) is 0 Å². The molecule has 1 N–H and O–H groups in total. The van der Waals surface area contributed by atoms with Crippen molar-refractivity contribution in [1.82, 2.24) is 10.2 Å². The lowest BCUT2D eigenvalue weighted by Crippen LogP contribution is -2.41. The minimum Gasteiger partial charge on any atom is -0.312 e. The van der Waals surface area contributed by atoms with E-state index in [4.69, 9.17) is 0 Å². The Bertz CT molecular complexity index is 399. The summed E-state index contributed by atoms with van der Waals surface area (Å²) >= 11 is 1.98. The first-order valence-corrected chi connectivity index (χ1v) is 8.90. The number of likely N-dealkylation sites (tertiary alicyclic amines) is 1. The first kappa shape index (κ1) is 16.0. The van der Waals surface area contributed by atoms with Crippen LogP contribution in [-0.4, -0.2) is 24.0 Å². The molecule has 0 amide bonds. The second-order valence-corrected chi connectivity index (χ2v) is 7.98. The van der Waals surface area contributed by atoms with Crippen LogP contribution in [0, 0.1) is 11.8 Å². The Morgan fingerprint density at radius 1 is 1.30 bits per heavy atom. The van der Waals surface area contributed by atoms with Gasteiger partial charge in [-0.1, -0.05) is 20.8 Å². The molecule has 1 aliphatic rings. The fourth-order valence-electron chi connectivity index (χ4n) is 2.93. The van der Waals surface area contributed by atoms with Crippen LogP contribution in [0.2, 0.25) is 0 Å². The van der Waals surface area contributed by atoms with Gasteiger partial charge in [-0.3, -0.25) is 4.90 Å². The van der Waals surface area contributed by atoms with Gasteiger partial charge in [0.2, 0.25) is 0 Å². The number of nitrogens with zero attached hydrogens (tertiary/aromatic N) is 1. The molecule has 0 spiro atoms. The average Bonchev–Trinajstić information content (AvgIpc) is 2.82. The van der Waals surface area contributed by atoms with Gasteiger partial charge in [-0.25, -0.2) is 0 Å². The Morgan fingerprint density at radius 2 is 2.05 bits per heavy atom. The molecule has 1 aliphatic heterocycles. The maximum atomic E-state index is 3.53. The standard InChI is InChI=1S/C17H30N2S/c1-13(2)10-18-11-16-7-8-17(20-16)12-19-9-5-6-14(3)15(19)4/h7-8,13-15,18H,5-6,9-12H2,1-4H3. The van der Waals surface area contributed by atoms with Crippen molar-refractivity contribution < 1.29 is 0 Å². The van der Waals surface area contributed by atoms with E-state index in [2.05, 4.69) is 50.0 Å². The van der Waals surface area contributed by atoms with Crippen LogP contribution in [0.1, 0.15) is 50.3 Å². The zero-order valence-electron chi connectivity index (χ0n) is 13.5. The van der Waals surface area contributed by atoms with E-state index < -0.39 is 0 Å². The van der Waals surface area contributed by atoms with Crippen LogP contribution in [-0.2, 0) is 13.1 Å². The van der Waals surface area contributed by atoms with Gasteiger partial charge in [-0.05, 0) is 56.8 Å². The van der Waals surface area contributed by atoms with Crippen molar-refractivity contribution in [2.75, 3.05) is 13.1 Å². The Morgan fingerprint density at radius 3 is 2.80 bits per heavy atom. The Kier molecular flexibility index (Phi) is 6.06. The number of thiophene rings is 1. The molecular formula is C17H30N2S. The number of rotatable bonds is 6. The summed E-state index contributed by atoms with van der Waals surface area (Å²) in [5.41, 5.74) is 0.